The molecule has 1 heterocycles. The van der Waals surface area contributed by atoms with Crippen LogP contribution in [0, 0.1) is 16.7 Å². The molecule has 1 saturated carbocycles. The van der Waals surface area contributed by atoms with Crippen LogP contribution in [-0.4, -0.2) is 12.6 Å². The lowest BCUT2D eigenvalue weighted by atomic mass is 9.73. The highest BCUT2D eigenvalue weighted by Crippen LogP contribution is 2.42. The van der Waals surface area contributed by atoms with Gasteiger partial charge in [-0.25, -0.2) is 0 Å². The van der Waals surface area contributed by atoms with Gasteiger partial charge in [-0.1, -0.05) is 19.3 Å². The normalized spacial score (nSPS) is 33.4. The summed E-state index contributed by atoms with van der Waals surface area (Å²) in [5, 5.41) is 12.1. The smallest absolute Gasteiger partial charge is 0.0958 e. The number of hydrogen-bond donors (Lipinski definition) is 1. The third kappa shape index (κ3) is 1.34. The Morgan fingerprint density at radius 1 is 1.25 bits per heavy atom. The lowest BCUT2D eigenvalue weighted by Gasteiger charge is -2.32. The highest BCUT2D eigenvalue weighted by Gasteiger charge is 2.39. The van der Waals surface area contributed by atoms with Crippen LogP contribution in [0.15, 0.2) is 0 Å². The van der Waals surface area contributed by atoms with E-state index in [0.717, 1.165) is 13.0 Å². The predicted octanol–water partition coefficient (Wildman–Crippen LogP) is 1.82. The minimum absolute atomic E-state index is 0.142. The number of nitrogens with one attached hydrogen (secondary N) is 1. The summed E-state index contributed by atoms with van der Waals surface area (Å²) in [6.45, 7) is 1.09. The predicted molar refractivity (Wildman–Crippen MR) is 47.5 cm³/mol. The van der Waals surface area contributed by atoms with Gasteiger partial charge in [-0.15, -0.1) is 0 Å². The molecule has 2 nitrogen and oxygen atoms in total. The molecular weight excluding hydrogens is 148 g/mol. The van der Waals surface area contributed by atoms with Crippen LogP contribution in [0.2, 0.25) is 0 Å². The zero-order valence-electron chi connectivity index (χ0n) is 7.47. The highest BCUT2D eigenvalue weighted by atomic mass is 15.0. The summed E-state index contributed by atoms with van der Waals surface area (Å²) < 4.78 is 0. The van der Waals surface area contributed by atoms with Gasteiger partial charge in [-0.2, -0.15) is 5.26 Å². The molecule has 2 aliphatic rings. The second-order valence-corrected chi connectivity index (χ2v) is 4.33. The molecule has 12 heavy (non-hydrogen) atoms. The summed E-state index contributed by atoms with van der Waals surface area (Å²) in [4.78, 5) is 0. The van der Waals surface area contributed by atoms with Crippen molar-refractivity contribution in [3.8, 4) is 6.07 Å². The second-order valence-electron chi connectivity index (χ2n) is 4.33. The van der Waals surface area contributed by atoms with E-state index in [1.165, 1.54) is 32.1 Å². The zero-order chi connectivity index (χ0) is 8.44. The van der Waals surface area contributed by atoms with Gasteiger partial charge in [-0.05, 0) is 24.7 Å². The van der Waals surface area contributed by atoms with Crippen molar-refractivity contribution >= 4 is 0 Å². The second kappa shape index (κ2) is 3.06. The molecule has 2 heteroatoms. The molecule has 0 aromatic rings. The van der Waals surface area contributed by atoms with Crippen LogP contribution in [0.1, 0.15) is 38.5 Å². The SMILES string of the molecule is N#CC1CC2(CCCCC2)CN1. The average molecular weight is 164 g/mol. The maximum atomic E-state index is 8.77. The summed E-state index contributed by atoms with van der Waals surface area (Å²) in [6.07, 6.45) is 7.94. The quantitative estimate of drug-likeness (QED) is 0.593. The Morgan fingerprint density at radius 2 is 2.00 bits per heavy atom. The van der Waals surface area contributed by atoms with Gasteiger partial charge in [0.1, 0.15) is 0 Å². The van der Waals surface area contributed by atoms with Crippen LogP contribution in [-0.2, 0) is 0 Å². The first-order chi connectivity index (χ1) is 5.85. The maximum absolute atomic E-state index is 8.77. The maximum Gasteiger partial charge on any atom is 0.0958 e. The Kier molecular flexibility index (Phi) is 2.06. The lowest BCUT2D eigenvalue weighted by Crippen LogP contribution is -2.26. The van der Waals surface area contributed by atoms with Crippen LogP contribution in [0.25, 0.3) is 0 Å². The fourth-order valence-electron chi connectivity index (χ4n) is 2.69. The summed E-state index contributed by atoms with van der Waals surface area (Å²) in [5.74, 6) is 0. The lowest BCUT2D eigenvalue weighted by molar-refractivity contribution is 0.214. The van der Waals surface area contributed by atoms with E-state index in [1.54, 1.807) is 0 Å². The molecule has 0 aromatic carbocycles. The van der Waals surface area contributed by atoms with Crippen LogP contribution in [0.5, 0.6) is 0 Å². The summed E-state index contributed by atoms with van der Waals surface area (Å²) in [6, 6.07) is 2.47. The molecule has 66 valence electrons. The van der Waals surface area contributed by atoms with Gasteiger partial charge in [0.15, 0.2) is 0 Å². The van der Waals surface area contributed by atoms with E-state index < -0.39 is 0 Å². The van der Waals surface area contributed by atoms with Crippen molar-refractivity contribution in [1.82, 2.24) is 5.32 Å². The van der Waals surface area contributed by atoms with E-state index >= 15 is 0 Å². The fourth-order valence-corrected chi connectivity index (χ4v) is 2.69. The Morgan fingerprint density at radius 3 is 2.58 bits per heavy atom. The molecule has 0 bridgehead atoms. The summed E-state index contributed by atoms with van der Waals surface area (Å²) in [7, 11) is 0. The van der Waals surface area contributed by atoms with Gasteiger partial charge >= 0.3 is 0 Å². The van der Waals surface area contributed by atoms with Crippen LogP contribution in [0.4, 0.5) is 0 Å². The third-order valence-corrected chi connectivity index (χ3v) is 3.43. The first-order valence-corrected chi connectivity index (χ1v) is 4.98. The Labute approximate surface area is 74.0 Å². The molecule has 2 fully saturated rings. The van der Waals surface area contributed by atoms with Crippen molar-refractivity contribution < 1.29 is 0 Å². The monoisotopic (exact) mass is 164 g/mol. The van der Waals surface area contributed by atoms with E-state index in [4.69, 9.17) is 5.26 Å². The van der Waals surface area contributed by atoms with Gasteiger partial charge in [-0.3, -0.25) is 0 Å². The molecule has 0 aromatic heterocycles. The van der Waals surface area contributed by atoms with Crippen LogP contribution in [0.3, 0.4) is 0 Å². The van der Waals surface area contributed by atoms with Crippen molar-refractivity contribution in [1.29, 1.82) is 5.26 Å². The van der Waals surface area contributed by atoms with Gasteiger partial charge < -0.3 is 5.32 Å². The van der Waals surface area contributed by atoms with E-state index in [2.05, 4.69) is 11.4 Å². The minimum atomic E-state index is 0.142. The molecule has 0 amide bonds. The van der Waals surface area contributed by atoms with E-state index in [0.29, 0.717) is 5.41 Å². The standard InChI is InChI=1S/C10H16N2/c11-7-9-6-10(8-12-9)4-2-1-3-5-10/h9,12H,1-6,8H2. The molecule has 1 saturated heterocycles. The molecule has 0 radical (unpaired) electrons. The number of nitrogens with zero attached hydrogens (tertiary/aromatic N) is 1. The molecular formula is C10H16N2. The van der Waals surface area contributed by atoms with Crippen LogP contribution >= 0.6 is 0 Å². The van der Waals surface area contributed by atoms with Gasteiger partial charge in [0.05, 0.1) is 12.1 Å². The molecule has 1 N–H and O–H groups in total. The summed E-state index contributed by atoms with van der Waals surface area (Å²) in [5.41, 5.74) is 0.513. The average Bonchev–Trinajstić information content (AvgIpc) is 2.50. The van der Waals surface area contributed by atoms with Crippen molar-refractivity contribution in [2.24, 2.45) is 5.41 Å². The largest absolute Gasteiger partial charge is 0.301 e. The molecule has 1 spiro atoms. The molecule has 1 aliphatic carbocycles. The van der Waals surface area contributed by atoms with Gasteiger partial charge in [0, 0.05) is 6.54 Å². The van der Waals surface area contributed by atoms with Gasteiger partial charge in [0.25, 0.3) is 0 Å². The number of hydrogen-bond acceptors (Lipinski definition) is 2. The van der Waals surface area contributed by atoms with Gasteiger partial charge in [0.2, 0.25) is 0 Å². The molecule has 1 atom stereocenters. The van der Waals surface area contributed by atoms with Crippen molar-refractivity contribution in [2.75, 3.05) is 6.54 Å². The molecule has 1 aliphatic heterocycles. The number of nitriles is 1. The van der Waals surface area contributed by atoms with Crippen molar-refractivity contribution in [3.05, 3.63) is 0 Å². The fraction of sp³-hybridized carbons (Fsp3) is 0.900. The van der Waals surface area contributed by atoms with E-state index in [-0.39, 0.29) is 6.04 Å². The van der Waals surface area contributed by atoms with E-state index in [9.17, 15) is 0 Å². The molecule has 2 rings (SSSR count). The zero-order valence-corrected chi connectivity index (χ0v) is 7.47. The van der Waals surface area contributed by atoms with Crippen LogP contribution < -0.4 is 5.32 Å². The first-order valence-electron chi connectivity index (χ1n) is 4.98. The Balaban J connectivity index is 1.99. The topological polar surface area (TPSA) is 35.8 Å². The van der Waals surface area contributed by atoms with Crippen molar-refractivity contribution in [3.63, 3.8) is 0 Å². The summed E-state index contributed by atoms with van der Waals surface area (Å²) >= 11 is 0. The van der Waals surface area contributed by atoms with Crippen molar-refractivity contribution in [2.45, 2.75) is 44.6 Å². The van der Waals surface area contributed by atoms with E-state index in [1.807, 2.05) is 0 Å². The number of rotatable bonds is 0. The third-order valence-electron chi connectivity index (χ3n) is 3.43. The Hall–Kier alpha value is -0.550. The highest BCUT2D eigenvalue weighted by molar-refractivity contribution is 5.03. The first kappa shape index (κ1) is 8.07. The Bertz CT molecular complexity index is 198. The minimum Gasteiger partial charge on any atom is -0.301 e. The molecule has 1 unspecified atom stereocenters.